The summed E-state index contributed by atoms with van der Waals surface area (Å²) < 4.78 is 0. The average molecular weight is 183 g/mol. The number of aromatic nitrogens is 2. The smallest absolute Gasteiger partial charge is 0.0670 e. The van der Waals surface area contributed by atoms with Crippen molar-refractivity contribution >= 4 is 11.8 Å². The molecule has 0 aliphatic carbocycles. The Kier molecular flexibility index (Phi) is 2.37. The summed E-state index contributed by atoms with van der Waals surface area (Å²) in [5.74, 6) is 2.32. The number of hydrogen-bond donors (Lipinski definition) is 2. The fraction of sp³-hybridized carbons (Fsp3) is 0.625. The normalized spacial score (nSPS) is 16.1. The fourth-order valence-electron chi connectivity index (χ4n) is 1.55. The molecule has 3 nitrogen and oxygen atoms in total. The maximum atomic E-state index is 5.49. The zero-order valence-electron chi connectivity index (χ0n) is 6.97. The van der Waals surface area contributed by atoms with E-state index in [1.54, 1.807) is 0 Å². The quantitative estimate of drug-likeness (QED) is 0.709. The molecule has 2 rings (SSSR count). The fourth-order valence-corrected chi connectivity index (χ4v) is 2.49. The first-order valence-corrected chi connectivity index (χ1v) is 5.40. The van der Waals surface area contributed by atoms with Gasteiger partial charge in [0.1, 0.15) is 0 Å². The molecule has 1 aromatic heterocycles. The van der Waals surface area contributed by atoms with Crippen molar-refractivity contribution in [3.05, 3.63) is 17.0 Å². The SMILES string of the molecule is NCCc1n[nH]c2c1CCSC2. The van der Waals surface area contributed by atoms with E-state index in [1.807, 2.05) is 11.8 Å². The van der Waals surface area contributed by atoms with Crippen LogP contribution in [0.1, 0.15) is 17.0 Å². The van der Waals surface area contributed by atoms with Gasteiger partial charge in [-0.1, -0.05) is 0 Å². The number of nitrogens with zero attached hydrogens (tertiary/aromatic N) is 1. The molecule has 1 aliphatic heterocycles. The van der Waals surface area contributed by atoms with E-state index < -0.39 is 0 Å². The molecule has 0 spiro atoms. The molecule has 2 heterocycles. The molecule has 0 radical (unpaired) electrons. The molecule has 3 N–H and O–H groups in total. The van der Waals surface area contributed by atoms with E-state index in [1.165, 1.54) is 22.7 Å². The molecule has 0 unspecified atom stereocenters. The highest BCUT2D eigenvalue weighted by Crippen LogP contribution is 2.24. The third kappa shape index (κ3) is 1.36. The molecular formula is C8H13N3S. The summed E-state index contributed by atoms with van der Waals surface area (Å²) in [6.45, 7) is 0.699. The zero-order valence-corrected chi connectivity index (χ0v) is 7.78. The third-order valence-electron chi connectivity index (χ3n) is 2.16. The van der Waals surface area contributed by atoms with E-state index in [0.29, 0.717) is 6.54 Å². The van der Waals surface area contributed by atoms with E-state index in [0.717, 1.165) is 18.6 Å². The van der Waals surface area contributed by atoms with Crippen LogP contribution in [0.3, 0.4) is 0 Å². The van der Waals surface area contributed by atoms with Gasteiger partial charge in [-0.3, -0.25) is 5.10 Å². The lowest BCUT2D eigenvalue weighted by Crippen LogP contribution is -2.07. The first kappa shape index (κ1) is 8.13. The maximum absolute atomic E-state index is 5.49. The Bertz CT molecular complexity index is 269. The molecule has 1 aromatic rings. The molecule has 0 atom stereocenters. The molecule has 0 fully saturated rings. The van der Waals surface area contributed by atoms with Crippen molar-refractivity contribution in [2.75, 3.05) is 12.3 Å². The first-order chi connectivity index (χ1) is 5.92. The van der Waals surface area contributed by atoms with E-state index in [4.69, 9.17) is 5.73 Å². The minimum absolute atomic E-state index is 0.699. The lowest BCUT2D eigenvalue weighted by Gasteiger charge is -2.10. The number of aromatic amines is 1. The molecule has 66 valence electrons. The minimum atomic E-state index is 0.699. The Morgan fingerprint density at radius 1 is 1.58 bits per heavy atom. The van der Waals surface area contributed by atoms with Gasteiger partial charge in [-0.2, -0.15) is 16.9 Å². The van der Waals surface area contributed by atoms with E-state index in [-0.39, 0.29) is 0 Å². The molecule has 0 aromatic carbocycles. The Morgan fingerprint density at radius 3 is 3.33 bits per heavy atom. The van der Waals surface area contributed by atoms with Crippen LogP contribution in [0.15, 0.2) is 0 Å². The van der Waals surface area contributed by atoms with Crippen molar-refractivity contribution < 1.29 is 0 Å². The second-order valence-corrected chi connectivity index (χ2v) is 4.07. The molecule has 4 heteroatoms. The molecule has 0 saturated carbocycles. The summed E-state index contributed by atoms with van der Waals surface area (Å²) in [6.07, 6.45) is 2.07. The highest BCUT2D eigenvalue weighted by Gasteiger charge is 2.15. The van der Waals surface area contributed by atoms with Crippen molar-refractivity contribution in [2.24, 2.45) is 5.73 Å². The van der Waals surface area contributed by atoms with Gasteiger partial charge in [-0.25, -0.2) is 0 Å². The van der Waals surface area contributed by atoms with Crippen LogP contribution in [0.4, 0.5) is 0 Å². The number of rotatable bonds is 2. The van der Waals surface area contributed by atoms with Gasteiger partial charge >= 0.3 is 0 Å². The van der Waals surface area contributed by atoms with Gasteiger partial charge in [-0.15, -0.1) is 0 Å². The van der Waals surface area contributed by atoms with Crippen molar-refractivity contribution in [3.8, 4) is 0 Å². The number of nitrogens with one attached hydrogen (secondary N) is 1. The average Bonchev–Trinajstić information content (AvgIpc) is 2.50. The number of nitrogens with two attached hydrogens (primary N) is 1. The van der Waals surface area contributed by atoms with Gasteiger partial charge in [0.15, 0.2) is 0 Å². The highest BCUT2D eigenvalue weighted by atomic mass is 32.2. The predicted octanol–water partition coefficient (Wildman–Crippen LogP) is 0.700. The number of H-pyrrole nitrogens is 1. The molecule has 0 saturated heterocycles. The van der Waals surface area contributed by atoms with Crippen LogP contribution in [0.2, 0.25) is 0 Å². The lowest BCUT2D eigenvalue weighted by molar-refractivity contribution is 0.887. The monoisotopic (exact) mass is 183 g/mol. The Labute approximate surface area is 76.1 Å². The van der Waals surface area contributed by atoms with Gasteiger partial charge in [-0.05, 0) is 24.3 Å². The molecular weight excluding hydrogens is 170 g/mol. The highest BCUT2D eigenvalue weighted by molar-refractivity contribution is 7.98. The van der Waals surface area contributed by atoms with Crippen LogP contribution >= 0.6 is 11.8 Å². The first-order valence-electron chi connectivity index (χ1n) is 4.24. The zero-order chi connectivity index (χ0) is 8.39. The molecule has 1 aliphatic rings. The number of hydrogen-bond acceptors (Lipinski definition) is 3. The second kappa shape index (κ2) is 3.49. The van der Waals surface area contributed by atoms with E-state index in [2.05, 4.69) is 10.2 Å². The molecule has 0 amide bonds. The lowest BCUT2D eigenvalue weighted by atomic mass is 10.1. The summed E-state index contributed by atoms with van der Waals surface area (Å²) in [4.78, 5) is 0. The molecule has 12 heavy (non-hydrogen) atoms. The topological polar surface area (TPSA) is 54.7 Å². The Balaban J connectivity index is 2.25. The molecule has 0 bridgehead atoms. The van der Waals surface area contributed by atoms with Gasteiger partial charge < -0.3 is 5.73 Å². The van der Waals surface area contributed by atoms with Crippen molar-refractivity contribution in [1.82, 2.24) is 10.2 Å². The van der Waals surface area contributed by atoms with Crippen molar-refractivity contribution in [3.63, 3.8) is 0 Å². The van der Waals surface area contributed by atoms with Gasteiger partial charge in [0.2, 0.25) is 0 Å². The summed E-state index contributed by atoms with van der Waals surface area (Å²) in [6, 6.07) is 0. The van der Waals surface area contributed by atoms with Gasteiger partial charge in [0, 0.05) is 17.9 Å². The largest absolute Gasteiger partial charge is 0.330 e. The summed E-state index contributed by atoms with van der Waals surface area (Å²) >= 11 is 1.97. The van der Waals surface area contributed by atoms with Crippen LogP contribution in [-0.4, -0.2) is 22.5 Å². The maximum Gasteiger partial charge on any atom is 0.0670 e. The summed E-state index contributed by atoms with van der Waals surface area (Å²) in [5, 5.41) is 7.35. The second-order valence-electron chi connectivity index (χ2n) is 2.97. The third-order valence-corrected chi connectivity index (χ3v) is 3.15. The number of fused-ring (bicyclic) bond motifs is 1. The van der Waals surface area contributed by atoms with Crippen molar-refractivity contribution in [1.29, 1.82) is 0 Å². The van der Waals surface area contributed by atoms with Gasteiger partial charge in [0.25, 0.3) is 0 Å². The summed E-state index contributed by atoms with van der Waals surface area (Å²) in [7, 11) is 0. The standard InChI is InChI=1S/C8H13N3S/c9-3-1-7-6-2-4-12-5-8(6)11-10-7/h1-5,9H2,(H,10,11). The number of thioether (sulfide) groups is 1. The van der Waals surface area contributed by atoms with Crippen molar-refractivity contribution in [2.45, 2.75) is 18.6 Å². The van der Waals surface area contributed by atoms with Crippen LogP contribution < -0.4 is 5.73 Å². The van der Waals surface area contributed by atoms with E-state index >= 15 is 0 Å². The van der Waals surface area contributed by atoms with Gasteiger partial charge in [0.05, 0.1) is 5.69 Å². The van der Waals surface area contributed by atoms with E-state index in [9.17, 15) is 0 Å². The van der Waals surface area contributed by atoms with Crippen LogP contribution in [-0.2, 0) is 18.6 Å². The summed E-state index contributed by atoms with van der Waals surface area (Å²) in [5.41, 5.74) is 9.43. The van der Waals surface area contributed by atoms with Crippen LogP contribution in [0.25, 0.3) is 0 Å². The van der Waals surface area contributed by atoms with Crippen LogP contribution in [0.5, 0.6) is 0 Å². The Morgan fingerprint density at radius 2 is 2.50 bits per heavy atom. The predicted molar refractivity (Wildman–Crippen MR) is 51.2 cm³/mol. The Hall–Kier alpha value is -0.480. The minimum Gasteiger partial charge on any atom is -0.330 e. The van der Waals surface area contributed by atoms with Crippen LogP contribution in [0, 0.1) is 0 Å².